The minimum atomic E-state index is -4.99. The van der Waals surface area contributed by atoms with Gasteiger partial charge in [-0.3, -0.25) is 0 Å². The first-order valence-corrected chi connectivity index (χ1v) is 4.65. The van der Waals surface area contributed by atoms with Gasteiger partial charge >= 0.3 is 6.98 Å². The van der Waals surface area contributed by atoms with E-state index in [2.05, 4.69) is 0 Å². The highest BCUT2D eigenvalue weighted by atomic mass is 19.4. The Morgan fingerprint density at radius 3 is 1.88 bits per heavy atom. The molecular formula is C9H6BF6-. The van der Waals surface area contributed by atoms with Crippen molar-refractivity contribution in [2.45, 2.75) is 18.2 Å². The molecule has 1 aliphatic rings. The summed E-state index contributed by atoms with van der Waals surface area (Å²) in [5.74, 6) is -6.99. The number of halogens is 6. The molecule has 0 radical (unpaired) electrons. The van der Waals surface area contributed by atoms with E-state index < -0.39 is 36.2 Å². The summed E-state index contributed by atoms with van der Waals surface area (Å²) in [6.45, 7) is -4.99. The van der Waals surface area contributed by atoms with Crippen LogP contribution in [0.5, 0.6) is 0 Å². The summed E-state index contributed by atoms with van der Waals surface area (Å²) in [5, 5.41) is 0. The molecular weight excluding hydrogens is 233 g/mol. The second-order valence-electron chi connectivity index (χ2n) is 3.93. The summed E-state index contributed by atoms with van der Waals surface area (Å²) in [4.78, 5) is 0. The topological polar surface area (TPSA) is 0 Å². The lowest BCUT2D eigenvalue weighted by molar-refractivity contribution is 0.444. The van der Waals surface area contributed by atoms with Crippen LogP contribution >= 0.6 is 0 Å². The highest BCUT2D eigenvalue weighted by Gasteiger charge is 2.51. The highest BCUT2D eigenvalue weighted by molar-refractivity contribution is 6.61. The lowest BCUT2D eigenvalue weighted by atomic mass is 9.81. The summed E-state index contributed by atoms with van der Waals surface area (Å²) >= 11 is 0. The van der Waals surface area contributed by atoms with Crippen LogP contribution in [0.15, 0.2) is 12.1 Å². The first kappa shape index (κ1) is 11.4. The number of rotatable bonds is 2. The van der Waals surface area contributed by atoms with Crippen molar-refractivity contribution < 1.29 is 26.1 Å². The van der Waals surface area contributed by atoms with Crippen LogP contribution in [0.4, 0.5) is 26.1 Å². The van der Waals surface area contributed by atoms with E-state index in [-0.39, 0.29) is 12.0 Å². The van der Waals surface area contributed by atoms with Gasteiger partial charge in [0.25, 0.3) is 0 Å². The molecule has 1 saturated carbocycles. The maximum atomic E-state index is 12.8. The third-order valence-corrected chi connectivity index (χ3v) is 2.76. The van der Waals surface area contributed by atoms with Crippen molar-refractivity contribution >= 4 is 6.98 Å². The molecule has 1 fully saturated rings. The van der Waals surface area contributed by atoms with Gasteiger partial charge in [-0.25, -0.2) is 13.2 Å². The van der Waals surface area contributed by atoms with Crippen LogP contribution in [-0.2, 0) is 0 Å². The van der Waals surface area contributed by atoms with E-state index in [0.717, 1.165) is 0 Å². The Kier molecular flexibility index (Phi) is 2.43. The van der Waals surface area contributed by atoms with Gasteiger partial charge < -0.3 is 12.9 Å². The van der Waals surface area contributed by atoms with Crippen LogP contribution in [0.1, 0.15) is 17.9 Å². The highest BCUT2D eigenvalue weighted by Crippen LogP contribution is 2.59. The van der Waals surface area contributed by atoms with Gasteiger partial charge in [0, 0.05) is 0 Å². The number of hydrogen-bond acceptors (Lipinski definition) is 0. The van der Waals surface area contributed by atoms with E-state index in [1.807, 2.05) is 0 Å². The fourth-order valence-corrected chi connectivity index (χ4v) is 1.80. The molecule has 1 aromatic rings. The van der Waals surface area contributed by atoms with Crippen LogP contribution in [0.2, 0.25) is 5.82 Å². The monoisotopic (exact) mass is 239 g/mol. The maximum Gasteiger partial charge on any atom is 0.481 e. The lowest BCUT2D eigenvalue weighted by Gasteiger charge is -2.12. The Morgan fingerprint density at radius 1 is 1.00 bits per heavy atom. The van der Waals surface area contributed by atoms with Gasteiger partial charge in [-0.2, -0.15) is 0 Å². The third-order valence-electron chi connectivity index (χ3n) is 2.76. The van der Waals surface area contributed by atoms with Gasteiger partial charge in [-0.15, -0.1) is 0 Å². The fraction of sp³-hybridized carbons (Fsp3) is 0.333. The third kappa shape index (κ3) is 1.90. The second kappa shape index (κ2) is 3.43. The van der Waals surface area contributed by atoms with Gasteiger partial charge in [-0.1, -0.05) is 12.2 Å². The largest absolute Gasteiger partial charge is 0.481 e. The molecule has 0 heterocycles. The zero-order chi connectivity index (χ0) is 12.1. The van der Waals surface area contributed by atoms with Crippen molar-refractivity contribution in [2.75, 3.05) is 0 Å². The number of benzene rings is 1. The van der Waals surface area contributed by atoms with Crippen LogP contribution in [0.25, 0.3) is 0 Å². The summed E-state index contributed by atoms with van der Waals surface area (Å²) in [5.41, 5.74) is -0.124. The van der Waals surface area contributed by atoms with Crippen LogP contribution in [-0.4, -0.2) is 6.98 Å². The smallest absolute Gasteiger partial charge is 0.449 e. The minimum Gasteiger partial charge on any atom is -0.449 e. The average Bonchev–Trinajstić information content (AvgIpc) is 2.91. The molecule has 1 aliphatic carbocycles. The molecule has 0 aliphatic heterocycles. The van der Waals surface area contributed by atoms with Crippen molar-refractivity contribution in [1.82, 2.24) is 0 Å². The average molecular weight is 239 g/mol. The predicted octanol–water partition coefficient (Wildman–Crippen LogP) is 3.81. The molecule has 0 spiro atoms. The Morgan fingerprint density at radius 2 is 1.50 bits per heavy atom. The minimum absolute atomic E-state index is 0.124. The molecule has 0 saturated heterocycles. The quantitative estimate of drug-likeness (QED) is 0.418. The van der Waals surface area contributed by atoms with Crippen molar-refractivity contribution in [3.8, 4) is 0 Å². The standard InChI is InChI=1S/C9H6BF6/c11-7-1-4(2-8(12)9(7)13)5-3-6(5)10(14,15)16/h1-2,5-6H,3H2/q-1/t5-,6+/m0/s1. The van der Waals surface area contributed by atoms with E-state index >= 15 is 0 Å². The molecule has 0 unspecified atom stereocenters. The molecule has 0 aromatic heterocycles. The molecule has 88 valence electrons. The molecule has 16 heavy (non-hydrogen) atoms. The summed E-state index contributed by atoms with van der Waals surface area (Å²) in [6.07, 6.45) is -0.173. The lowest BCUT2D eigenvalue weighted by Crippen LogP contribution is -2.15. The van der Waals surface area contributed by atoms with Crippen molar-refractivity contribution in [1.29, 1.82) is 0 Å². The first-order chi connectivity index (χ1) is 7.30. The van der Waals surface area contributed by atoms with E-state index in [0.29, 0.717) is 12.1 Å². The molecule has 0 amide bonds. The van der Waals surface area contributed by atoms with Gasteiger partial charge in [0.2, 0.25) is 0 Å². The van der Waals surface area contributed by atoms with Gasteiger partial charge in [0.15, 0.2) is 17.5 Å². The zero-order valence-electron chi connectivity index (χ0n) is 7.86. The molecule has 1 aromatic carbocycles. The molecule has 0 nitrogen and oxygen atoms in total. The Bertz CT molecular complexity index is 403. The van der Waals surface area contributed by atoms with Crippen LogP contribution in [0.3, 0.4) is 0 Å². The van der Waals surface area contributed by atoms with E-state index in [1.165, 1.54) is 0 Å². The first-order valence-electron chi connectivity index (χ1n) is 4.65. The van der Waals surface area contributed by atoms with E-state index in [1.54, 1.807) is 0 Å². The predicted molar refractivity (Wildman–Crippen MR) is 46.5 cm³/mol. The molecule has 0 N–H and O–H groups in total. The van der Waals surface area contributed by atoms with Gasteiger partial charge in [0.05, 0.1) is 0 Å². The van der Waals surface area contributed by atoms with Crippen LogP contribution in [0, 0.1) is 17.5 Å². The van der Waals surface area contributed by atoms with Crippen LogP contribution < -0.4 is 0 Å². The Balaban J connectivity index is 2.25. The maximum absolute atomic E-state index is 12.8. The van der Waals surface area contributed by atoms with Gasteiger partial charge in [0.1, 0.15) is 0 Å². The Labute approximate surface area is 87.3 Å². The molecule has 7 heteroatoms. The number of hydrogen-bond donors (Lipinski definition) is 0. The second-order valence-corrected chi connectivity index (χ2v) is 3.93. The van der Waals surface area contributed by atoms with Crippen molar-refractivity contribution in [3.63, 3.8) is 0 Å². The normalized spacial score (nSPS) is 24.6. The van der Waals surface area contributed by atoms with Crippen molar-refractivity contribution in [2.24, 2.45) is 0 Å². The van der Waals surface area contributed by atoms with Gasteiger partial charge in [-0.05, 0) is 23.6 Å². The Hall–Kier alpha value is -1.14. The molecule has 2 rings (SSSR count). The van der Waals surface area contributed by atoms with Crippen molar-refractivity contribution in [3.05, 3.63) is 35.1 Å². The molecule has 2 atom stereocenters. The summed E-state index contributed by atoms with van der Waals surface area (Å²) < 4.78 is 74.9. The SMILES string of the molecule is Fc1cc([C@@H]2C[C@H]2[B-](F)(F)F)cc(F)c1F. The van der Waals surface area contributed by atoms with E-state index in [4.69, 9.17) is 0 Å². The van der Waals surface area contributed by atoms with E-state index in [9.17, 15) is 26.1 Å². The fourth-order valence-electron chi connectivity index (χ4n) is 1.80. The summed E-state index contributed by atoms with van der Waals surface area (Å²) in [6, 6.07) is 1.26. The molecule has 0 bridgehead atoms. The zero-order valence-corrected chi connectivity index (χ0v) is 7.86. The summed E-state index contributed by atoms with van der Waals surface area (Å²) in [7, 11) is 0.